The molecule has 0 aliphatic heterocycles. The number of rotatable bonds is 2. The molecule has 0 unspecified atom stereocenters. The summed E-state index contributed by atoms with van der Waals surface area (Å²) in [6, 6.07) is 22.2. The first kappa shape index (κ1) is 16.0. The number of ketones is 1. The summed E-state index contributed by atoms with van der Waals surface area (Å²) in [5.41, 5.74) is 4.33. The number of carbonyl (C=O) groups excluding carboxylic acids is 1. The minimum Gasteiger partial charge on any atom is -0.289 e. The van der Waals surface area contributed by atoms with Gasteiger partial charge in [0.1, 0.15) is 5.82 Å². The summed E-state index contributed by atoms with van der Waals surface area (Å²) < 4.78 is 14.0. The van der Waals surface area contributed by atoms with E-state index in [2.05, 4.69) is 15.9 Å². The van der Waals surface area contributed by atoms with E-state index >= 15 is 0 Å². The van der Waals surface area contributed by atoms with E-state index in [1.807, 2.05) is 60.7 Å². The maximum Gasteiger partial charge on any atom is 0.190 e. The van der Waals surface area contributed by atoms with Gasteiger partial charge in [-0.05, 0) is 34.9 Å². The standard InChI is InChI=1S/C22H14BrFO/c23-20-13-16(24)11-10-15(20)12-19-21(14-6-2-1-3-7-14)17-8-4-5-9-18(17)22(19)25/h1-13,21H/b19-12+/t21-/m0/s1. The second-order valence-electron chi connectivity index (χ2n) is 6.03. The van der Waals surface area contributed by atoms with Gasteiger partial charge in [0.15, 0.2) is 5.78 Å². The molecular formula is C22H14BrFO. The summed E-state index contributed by atoms with van der Waals surface area (Å²) in [7, 11) is 0. The molecule has 0 saturated heterocycles. The summed E-state index contributed by atoms with van der Waals surface area (Å²) >= 11 is 3.39. The number of Topliss-reactive ketones (excluding diaryl/α,β-unsaturated/α-hetero) is 1. The van der Waals surface area contributed by atoms with Gasteiger partial charge in [-0.1, -0.05) is 76.6 Å². The fourth-order valence-electron chi connectivity index (χ4n) is 3.35. The summed E-state index contributed by atoms with van der Waals surface area (Å²) in [6.45, 7) is 0. The van der Waals surface area contributed by atoms with E-state index in [9.17, 15) is 9.18 Å². The molecule has 1 atom stereocenters. The molecule has 0 aromatic heterocycles. The molecule has 0 bridgehead atoms. The fourth-order valence-corrected chi connectivity index (χ4v) is 3.81. The highest BCUT2D eigenvalue weighted by Gasteiger charge is 2.35. The van der Waals surface area contributed by atoms with Crippen molar-refractivity contribution in [1.29, 1.82) is 0 Å². The topological polar surface area (TPSA) is 17.1 Å². The van der Waals surface area contributed by atoms with Crippen molar-refractivity contribution in [2.24, 2.45) is 0 Å². The van der Waals surface area contributed by atoms with Crippen LogP contribution in [-0.2, 0) is 0 Å². The fraction of sp³-hybridized carbons (Fsp3) is 0.0455. The van der Waals surface area contributed by atoms with E-state index in [1.54, 1.807) is 6.07 Å². The van der Waals surface area contributed by atoms with Gasteiger partial charge in [-0.3, -0.25) is 4.79 Å². The Balaban J connectivity index is 1.91. The van der Waals surface area contributed by atoms with Crippen LogP contribution in [0.5, 0.6) is 0 Å². The lowest BCUT2D eigenvalue weighted by Gasteiger charge is -2.14. The first-order valence-electron chi connectivity index (χ1n) is 8.00. The monoisotopic (exact) mass is 392 g/mol. The van der Waals surface area contributed by atoms with Crippen molar-refractivity contribution in [1.82, 2.24) is 0 Å². The van der Waals surface area contributed by atoms with Crippen molar-refractivity contribution in [3.63, 3.8) is 0 Å². The Morgan fingerprint density at radius 2 is 1.64 bits per heavy atom. The second-order valence-corrected chi connectivity index (χ2v) is 6.88. The molecule has 1 aliphatic carbocycles. The van der Waals surface area contributed by atoms with Crippen LogP contribution < -0.4 is 0 Å². The Labute approximate surface area is 154 Å². The van der Waals surface area contributed by atoms with E-state index in [0.29, 0.717) is 10.0 Å². The molecule has 3 aromatic rings. The van der Waals surface area contributed by atoms with Gasteiger partial charge in [-0.25, -0.2) is 4.39 Å². The van der Waals surface area contributed by atoms with Crippen molar-refractivity contribution in [3.8, 4) is 0 Å². The Morgan fingerprint density at radius 1 is 0.920 bits per heavy atom. The first-order chi connectivity index (χ1) is 12.1. The number of carbonyl (C=O) groups is 1. The quantitative estimate of drug-likeness (QED) is 0.488. The summed E-state index contributed by atoms with van der Waals surface area (Å²) in [5.74, 6) is -0.391. The third kappa shape index (κ3) is 2.85. The van der Waals surface area contributed by atoms with Crippen molar-refractivity contribution in [3.05, 3.63) is 111 Å². The van der Waals surface area contributed by atoms with E-state index in [-0.39, 0.29) is 17.5 Å². The van der Waals surface area contributed by atoms with Crippen LogP contribution in [0.25, 0.3) is 6.08 Å². The van der Waals surface area contributed by atoms with Crippen LogP contribution in [0.4, 0.5) is 4.39 Å². The van der Waals surface area contributed by atoms with Gasteiger partial charge in [-0.15, -0.1) is 0 Å². The van der Waals surface area contributed by atoms with Crippen LogP contribution in [0.2, 0.25) is 0 Å². The maximum atomic E-state index is 13.4. The Kier molecular flexibility index (Phi) is 4.10. The van der Waals surface area contributed by atoms with Crippen molar-refractivity contribution >= 4 is 27.8 Å². The van der Waals surface area contributed by atoms with Crippen LogP contribution in [0.3, 0.4) is 0 Å². The SMILES string of the molecule is O=C1/C(=C/c2ccc(F)cc2Br)[C@@H](c2ccccc2)c2ccccc21. The predicted molar refractivity (Wildman–Crippen MR) is 101 cm³/mol. The zero-order valence-corrected chi connectivity index (χ0v) is 14.8. The van der Waals surface area contributed by atoms with Crippen molar-refractivity contribution < 1.29 is 9.18 Å². The molecule has 25 heavy (non-hydrogen) atoms. The molecule has 122 valence electrons. The minimum absolute atomic E-state index is 0.0284. The summed E-state index contributed by atoms with van der Waals surface area (Å²) in [6.07, 6.45) is 1.86. The molecule has 1 aliphatic rings. The largest absolute Gasteiger partial charge is 0.289 e. The van der Waals surface area contributed by atoms with Crippen molar-refractivity contribution in [2.75, 3.05) is 0 Å². The van der Waals surface area contributed by atoms with E-state index in [4.69, 9.17) is 0 Å². The number of halogens is 2. The lowest BCUT2D eigenvalue weighted by molar-refractivity contribution is 0.103. The Bertz CT molecular complexity index is 992. The zero-order valence-electron chi connectivity index (χ0n) is 13.2. The van der Waals surface area contributed by atoms with E-state index in [1.165, 1.54) is 12.1 Å². The molecule has 4 rings (SSSR count). The zero-order chi connectivity index (χ0) is 17.4. The molecule has 1 nitrogen and oxygen atoms in total. The maximum absolute atomic E-state index is 13.4. The average Bonchev–Trinajstić information content (AvgIpc) is 2.91. The Morgan fingerprint density at radius 3 is 2.40 bits per heavy atom. The third-order valence-electron chi connectivity index (χ3n) is 4.50. The molecule has 0 saturated carbocycles. The van der Waals surface area contributed by atoms with Crippen LogP contribution in [0.15, 0.2) is 82.8 Å². The third-order valence-corrected chi connectivity index (χ3v) is 5.18. The smallest absolute Gasteiger partial charge is 0.190 e. The van der Waals surface area contributed by atoms with Gasteiger partial charge in [0, 0.05) is 21.5 Å². The van der Waals surface area contributed by atoms with Crippen LogP contribution in [0.1, 0.15) is 33.0 Å². The molecule has 0 amide bonds. The molecule has 3 heteroatoms. The van der Waals surface area contributed by atoms with Gasteiger partial charge in [0.2, 0.25) is 0 Å². The van der Waals surface area contributed by atoms with Gasteiger partial charge in [-0.2, -0.15) is 0 Å². The molecule has 0 fully saturated rings. The summed E-state index contributed by atoms with van der Waals surface area (Å²) in [4.78, 5) is 13.0. The molecule has 0 radical (unpaired) electrons. The lowest BCUT2D eigenvalue weighted by Crippen LogP contribution is -2.02. The Hall–Kier alpha value is -2.52. The number of hydrogen-bond donors (Lipinski definition) is 0. The van der Waals surface area contributed by atoms with Crippen molar-refractivity contribution in [2.45, 2.75) is 5.92 Å². The highest BCUT2D eigenvalue weighted by molar-refractivity contribution is 9.10. The minimum atomic E-state index is -0.310. The second kappa shape index (κ2) is 6.41. The predicted octanol–water partition coefficient (Wildman–Crippen LogP) is 6.00. The molecule has 3 aromatic carbocycles. The van der Waals surface area contributed by atoms with E-state index < -0.39 is 0 Å². The molecule has 0 spiro atoms. The lowest BCUT2D eigenvalue weighted by atomic mass is 9.89. The van der Waals surface area contributed by atoms with E-state index in [0.717, 1.165) is 22.3 Å². The van der Waals surface area contributed by atoms with Crippen LogP contribution in [0, 0.1) is 5.82 Å². The van der Waals surface area contributed by atoms with Gasteiger partial charge < -0.3 is 0 Å². The number of hydrogen-bond acceptors (Lipinski definition) is 1. The highest BCUT2D eigenvalue weighted by Crippen LogP contribution is 2.43. The highest BCUT2D eigenvalue weighted by atomic mass is 79.9. The van der Waals surface area contributed by atoms with Crippen LogP contribution >= 0.6 is 15.9 Å². The van der Waals surface area contributed by atoms with Gasteiger partial charge in [0.25, 0.3) is 0 Å². The average molecular weight is 393 g/mol. The normalized spacial score (nSPS) is 17.8. The number of allylic oxidation sites excluding steroid dienone is 1. The number of benzene rings is 3. The van der Waals surface area contributed by atoms with Gasteiger partial charge >= 0.3 is 0 Å². The molecule has 0 heterocycles. The van der Waals surface area contributed by atoms with Gasteiger partial charge in [0.05, 0.1) is 0 Å². The summed E-state index contributed by atoms with van der Waals surface area (Å²) in [5, 5.41) is 0. The van der Waals surface area contributed by atoms with Crippen LogP contribution in [-0.4, -0.2) is 5.78 Å². The first-order valence-corrected chi connectivity index (χ1v) is 8.79. The molecule has 0 N–H and O–H groups in total. The number of fused-ring (bicyclic) bond motifs is 1. The molecular weight excluding hydrogens is 379 g/mol.